The maximum atomic E-state index is 12.3. The van der Waals surface area contributed by atoms with Gasteiger partial charge in [0, 0.05) is 6.92 Å². The molecule has 0 aromatic heterocycles. The number of rotatable bonds is 3. The number of hydrogen-bond acceptors (Lipinski definition) is 5. The summed E-state index contributed by atoms with van der Waals surface area (Å²) in [7, 11) is -0.433. The van der Waals surface area contributed by atoms with E-state index in [9.17, 15) is 9.59 Å². The van der Waals surface area contributed by atoms with Crippen LogP contribution in [0.25, 0.3) is 0 Å². The van der Waals surface area contributed by atoms with E-state index in [1.165, 1.54) is 6.92 Å². The van der Waals surface area contributed by atoms with Crippen molar-refractivity contribution in [3.8, 4) is 0 Å². The third-order valence-electron chi connectivity index (χ3n) is 6.08. The SMILES string of the molecule is CC(=O)NC[C@@H]1OC(=O)N2c3ccc(B4OC(C)(C)C(C)(C)O4)cc3C[C@@H]12. The van der Waals surface area contributed by atoms with Crippen LogP contribution in [0.1, 0.15) is 40.2 Å². The molecule has 7 nitrogen and oxygen atoms in total. The number of amides is 2. The quantitative estimate of drug-likeness (QED) is 0.812. The van der Waals surface area contributed by atoms with E-state index >= 15 is 0 Å². The number of hydrogen-bond donors (Lipinski definition) is 1. The molecule has 0 saturated carbocycles. The van der Waals surface area contributed by atoms with Crippen LogP contribution in [-0.4, -0.2) is 49.0 Å². The first-order chi connectivity index (χ1) is 12.6. The lowest BCUT2D eigenvalue weighted by Crippen LogP contribution is -2.41. The molecule has 3 aliphatic heterocycles. The van der Waals surface area contributed by atoms with Crippen LogP contribution in [0.3, 0.4) is 0 Å². The third kappa shape index (κ3) is 2.91. The van der Waals surface area contributed by atoms with E-state index in [0.29, 0.717) is 13.0 Å². The standard InChI is InChI=1S/C19H25BN2O5/c1-11(23)21-10-16-15-9-12-8-13(6-7-14(12)22(15)17(24)25-16)20-26-18(2,3)19(4,5)27-20/h6-8,15-16H,9-10H2,1-5H3,(H,21,23)/t15-,16-/m0/s1. The Morgan fingerprint density at radius 3 is 2.56 bits per heavy atom. The van der Waals surface area contributed by atoms with E-state index in [-0.39, 0.29) is 24.1 Å². The second-order valence-electron chi connectivity index (χ2n) is 8.48. The lowest BCUT2D eigenvalue weighted by molar-refractivity contribution is -0.119. The Morgan fingerprint density at radius 1 is 1.26 bits per heavy atom. The molecule has 0 unspecified atom stereocenters. The van der Waals surface area contributed by atoms with E-state index in [4.69, 9.17) is 14.0 Å². The monoisotopic (exact) mass is 372 g/mol. The van der Waals surface area contributed by atoms with Crippen molar-refractivity contribution in [1.82, 2.24) is 5.32 Å². The highest BCUT2D eigenvalue weighted by Crippen LogP contribution is 2.40. The molecule has 2 saturated heterocycles. The van der Waals surface area contributed by atoms with Crippen LogP contribution in [0.15, 0.2) is 18.2 Å². The van der Waals surface area contributed by atoms with Crippen molar-refractivity contribution < 1.29 is 23.6 Å². The number of nitrogens with zero attached hydrogens (tertiary/aromatic N) is 1. The van der Waals surface area contributed by atoms with Crippen molar-refractivity contribution in [3.05, 3.63) is 23.8 Å². The van der Waals surface area contributed by atoms with Gasteiger partial charge in [-0.2, -0.15) is 0 Å². The minimum absolute atomic E-state index is 0.104. The topological polar surface area (TPSA) is 77.1 Å². The molecular weight excluding hydrogens is 347 g/mol. The van der Waals surface area contributed by atoms with Crippen molar-refractivity contribution in [2.75, 3.05) is 11.4 Å². The molecule has 4 rings (SSSR count). The summed E-state index contributed by atoms with van der Waals surface area (Å²) in [6.07, 6.45) is -0.0369. The normalized spacial score (nSPS) is 27.4. The van der Waals surface area contributed by atoms with Crippen molar-refractivity contribution in [2.45, 2.75) is 64.4 Å². The average molecular weight is 372 g/mol. The molecule has 0 spiro atoms. The predicted octanol–water partition coefficient (Wildman–Crippen LogP) is 1.37. The Hall–Kier alpha value is -2.06. The maximum Gasteiger partial charge on any atom is 0.494 e. The smallest absolute Gasteiger partial charge is 0.442 e. The number of ether oxygens (including phenoxy) is 1. The lowest BCUT2D eigenvalue weighted by Gasteiger charge is -2.32. The minimum Gasteiger partial charge on any atom is -0.442 e. The van der Waals surface area contributed by atoms with Gasteiger partial charge in [0.15, 0.2) is 0 Å². The summed E-state index contributed by atoms with van der Waals surface area (Å²) in [5, 5.41) is 2.74. The summed E-state index contributed by atoms with van der Waals surface area (Å²) in [6, 6.07) is 5.82. The molecule has 2 atom stereocenters. The fourth-order valence-electron chi connectivity index (χ4n) is 3.84. The summed E-state index contributed by atoms with van der Waals surface area (Å²) in [6.45, 7) is 9.88. The van der Waals surface area contributed by atoms with E-state index in [1.54, 1.807) is 4.90 Å². The van der Waals surface area contributed by atoms with Crippen LogP contribution >= 0.6 is 0 Å². The van der Waals surface area contributed by atoms with E-state index < -0.39 is 18.3 Å². The molecule has 8 heteroatoms. The van der Waals surface area contributed by atoms with Gasteiger partial charge in [-0.3, -0.25) is 9.69 Å². The van der Waals surface area contributed by atoms with E-state index in [2.05, 4.69) is 11.4 Å². The van der Waals surface area contributed by atoms with Crippen LogP contribution in [0.2, 0.25) is 0 Å². The molecular formula is C19H25BN2O5. The summed E-state index contributed by atoms with van der Waals surface area (Å²) in [5.41, 5.74) is 2.07. The highest BCUT2D eigenvalue weighted by Gasteiger charge is 2.52. The van der Waals surface area contributed by atoms with Crippen molar-refractivity contribution >= 4 is 30.3 Å². The molecule has 1 aromatic carbocycles. The van der Waals surface area contributed by atoms with Gasteiger partial charge < -0.3 is 19.4 Å². The average Bonchev–Trinajstić information content (AvgIpc) is 3.15. The zero-order chi connectivity index (χ0) is 19.6. The fourth-order valence-corrected chi connectivity index (χ4v) is 3.84. The van der Waals surface area contributed by atoms with Crippen LogP contribution in [0, 0.1) is 0 Å². The second kappa shape index (κ2) is 5.97. The molecule has 2 fully saturated rings. The summed E-state index contributed by atoms with van der Waals surface area (Å²) >= 11 is 0. The summed E-state index contributed by atoms with van der Waals surface area (Å²) in [4.78, 5) is 25.2. The summed E-state index contributed by atoms with van der Waals surface area (Å²) in [5.74, 6) is -0.136. The van der Waals surface area contributed by atoms with Crippen molar-refractivity contribution in [3.63, 3.8) is 0 Å². The van der Waals surface area contributed by atoms with Gasteiger partial charge in [0.2, 0.25) is 5.91 Å². The van der Waals surface area contributed by atoms with Crippen LogP contribution in [0.5, 0.6) is 0 Å². The summed E-state index contributed by atoms with van der Waals surface area (Å²) < 4.78 is 17.7. The molecule has 2 amide bonds. The number of fused-ring (bicyclic) bond motifs is 3. The van der Waals surface area contributed by atoms with Gasteiger partial charge in [-0.15, -0.1) is 0 Å². The molecule has 27 heavy (non-hydrogen) atoms. The number of carbonyl (C=O) groups excluding carboxylic acids is 2. The highest BCUT2D eigenvalue weighted by atomic mass is 16.7. The molecule has 1 aromatic rings. The first kappa shape index (κ1) is 18.3. The number of benzene rings is 1. The van der Waals surface area contributed by atoms with Crippen LogP contribution < -0.4 is 15.7 Å². The number of anilines is 1. The molecule has 144 valence electrons. The van der Waals surface area contributed by atoms with Crippen molar-refractivity contribution in [1.29, 1.82) is 0 Å². The van der Waals surface area contributed by atoms with E-state index in [1.807, 2.05) is 39.8 Å². The Labute approximate surface area is 159 Å². The number of cyclic esters (lactones) is 1. The number of carbonyl (C=O) groups is 2. The first-order valence-electron chi connectivity index (χ1n) is 9.32. The van der Waals surface area contributed by atoms with Crippen LogP contribution in [0.4, 0.5) is 10.5 Å². The molecule has 0 aliphatic carbocycles. The molecule has 1 N–H and O–H groups in total. The molecule has 3 aliphatic rings. The van der Waals surface area contributed by atoms with Gasteiger partial charge in [-0.1, -0.05) is 12.1 Å². The third-order valence-corrected chi connectivity index (χ3v) is 6.08. The van der Waals surface area contributed by atoms with Gasteiger partial charge in [-0.05, 0) is 51.2 Å². The van der Waals surface area contributed by atoms with Crippen molar-refractivity contribution in [2.24, 2.45) is 0 Å². The Kier molecular flexibility index (Phi) is 4.05. The Bertz CT molecular complexity index is 793. The molecule has 0 bridgehead atoms. The van der Waals surface area contributed by atoms with Gasteiger partial charge in [0.05, 0.1) is 29.5 Å². The first-order valence-corrected chi connectivity index (χ1v) is 9.32. The van der Waals surface area contributed by atoms with E-state index in [0.717, 1.165) is 16.7 Å². The van der Waals surface area contributed by atoms with Gasteiger partial charge in [0.25, 0.3) is 0 Å². The largest absolute Gasteiger partial charge is 0.494 e. The Morgan fingerprint density at radius 2 is 1.93 bits per heavy atom. The predicted molar refractivity (Wildman–Crippen MR) is 101 cm³/mol. The zero-order valence-electron chi connectivity index (χ0n) is 16.4. The highest BCUT2D eigenvalue weighted by molar-refractivity contribution is 6.62. The fraction of sp³-hybridized carbons (Fsp3) is 0.579. The molecule has 0 radical (unpaired) electrons. The van der Waals surface area contributed by atoms with Gasteiger partial charge in [0.1, 0.15) is 6.10 Å². The zero-order valence-corrected chi connectivity index (χ0v) is 16.4. The lowest BCUT2D eigenvalue weighted by atomic mass is 9.78. The Balaban J connectivity index is 1.56. The van der Waals surface area contributed by atoms with Gasteiger partial charge >= 0.3 is 13.2 Å². The molecule has 3 heterocycles. The van der Waals surface area contributed by atoms with Crippen LogP contribution in [-0.2, 0) is 25.3 Å². The number of nitrogens with one attached hydrogen (secondary N) is 1. The minimum atomic E-state index is -0.433. The maximum absolute atomic E-state index is 12.3. The second-order valence-corrected chi connectivity index (χ2v) is 8.48. The van der Waals surface area contributed by atoms with Gasteiger partial charge in [-0.25, -0.2) is 4.79 Å².